The minimum atomic E-state index is -0.364. The second-order valence-electron chi connectivity index (χ2n) is 5.40. The molecule has 0 aromatic heterocycles. The van der Waals surface area contributed by atoms with Gasteiger partial charge in [0.15, 0.2) is 0 Å². The molecule has 0 atom stereocenters. The van der Waals surface area contributed by atoms with Crippen molar-refractivity contribution in [1.82, 2.24) is 0 Å². The standard InChI is InChI=1S/C14H19F2N/c1-8(2)10-5-11(6-10)17-14-7-12(15)9(3)4-13(14)16/h4,7-8,10-11,17H,5-6H2,1-3H3. The molecule has 1 fully saturated rings. The summed E-state index contributed by atoms with van der Waals surface area (Å²) < 4.78 is 26.9. The van der Waals surface area contributed by atoms with Gasteiger partial charge in [-0.15, -0.1) is 0 Å². The third-order valence-corrected chi connectivity index (χ3v) is 3.73. The van der Waals surface area contributed by atoms with E-state index in [4.69, 9.17) is 0 Å². The van der Waals surface area contributed by atoms with E-state index in [0.717, 1.165) is 12.8 Å². The summed E-state index contributed by atoms with van der Waals surface area (Å²) in [4.78, 5) is 0. The van der Waals surface area contributed by atoms with Crippen LogP contribution in [0, 0.1) is 30.4 Å². The van der Waals surface area contributed by atoms with Crippen molar-refractivity contribution >= 4 is 5.69 Å². The lowest BCUT2D eigenvalue weighted by atomic mass is 9.73. The average molecular weight is 239 g/mol. The van der Waals surface area contributed by atoms with Gasteiger partial charge in [-0.25, -0.2) is 8.78 Å². The van der Waals surface area contributed by atoms with Crippen LogP contribution in [0.4, 0.5) is 14.5 Å². The van der Waals surface area contributed by atoms with Gasteiger partial charge in [0.25, 0.3) is 0 Å². The van der Waals surface area contributed by atoms with E-state index in [1.165, 1.54) is 12.1 Å². The highest BCUT2D eigenvalue weighted by Gasteiger charge is 2.31. The monoisotopic (exact) mass is 239 g/mol. The molecular weight excluding hydrogens is 220 g/mol. The Morgan fingerprint density at radius 1 is 1.18 bits per heavy atom. The molecular formula is C14H19F2N. The van der Waals surface area contributed by atoms with E-state index >= 15 is 0 Å². The van der Waals surface area contributed by atoms with Gasteiger partial charge in [0.2, 0.25) is 0 Å². The number of aryl methyl sites for hydroxylation is 1. The minimum Gasteiger partial charge on any atom is -0.380 e. The summed E-state index contributed by atoms with van der Waals surface area (Å²) in [7, 11) is 0. The molecule has 1 aliphatic rings. The Labute approximate surface area is 101 Å². The minimum absolute atomic E-state index is 0.291. The number of anilines is 1. The van der Waals surface area contributed by atoms with E-state index in [-0.39, 0.29) is 11.6 Å². The van der Waals surface area contributed by atoms with Crippen molar-refractivity contribution in [2.75, 3.05) is 5.32 Å². The maximum Gasteiger partial charge on any atom is 0.146 e. The van der Waals surface area contributed by atoms with Crippen LogP contribution in [0.1, 0.15) is 32.3 Å². The first kappa shape index (κ1) is 12.3. The summed E-state index contributed by atoms with van der Waals surface area (Å²) in [5, 5.41) is 3.08. The summed E-state index contributed by atoms with van der Waals surface area (Å²) in [5.41, 5.74) is 0.641. The predicted molar refractivity (Wildman–Crippen MR) is 66.1 cm³/mol. The molecule has 0 bridgehead atoms. The molecule has 0 radical (unpaired) electrons. The van der Waals surface area contributed by atoms with Gasteiger partial charge in [0.1, 0.15) is 11.6 Å². The maximum atomic E-state index is 13.6. The molecule has 0 saturated heterocycles. The molecule has 0 amide bonds. The lowest BCUT2D eigenvalue weighted by molar-refractivity contribution is 0.211. The number of halogens is 2. The first-order valence-electron chi connectivity index (χ1n) is 6.19. The first-order chi connectivity index (χ1) is 7.97. The van der Waals surface area contributed by atoms with Crippen LogP contribution in [0.5, 0.6) is 0 Å². The van der Waals surface area contributed by atoms with Gasteiger partial charge in [0, 0.05) is 12.1 Å². The number of benzene rings is 1. The van der Waals surface area contributed by atoms with E-state index in [1.807, 2.05) is 0 Å². The Morgan fingerprint density at radius 3 is 2.41 bits per heavy atom. The van der Waals surface area contributed by atoms with E-state index in [2.05, 4.69) is 19.2 Å². The molecule has 1 aliphatic carbocycles. The highest BCUT2D eigenvalue weighted by molar-refractivity contribution is 5.48. The normalized spacial score (nSPS) is 23.6. The molecule has 1 aromatic rings. The average Bonchev–Trinajstić information content (AvgIpc) is 2.17. The molecule has 0 aliphatic heterocycles. The van der Waals surface area contributed by atoms with Crippen molar-refractivity contribution in [1.29, 1.82) is 0 Å². The zero-order valence-corrected chi connectivity index (χ0v) is 10.6. The Kier molecular flexibility index (Phi) is 3.36. The van der Waals surface area contributed by atoms with Crippen molar-refractivity contribution in [3.8, 4) is 0 Å². The third kappa shape index (κ3) is 2.59. The fraction of sp³-hybridized carbons (Fsp3) is 0.571. The number of hydrogen-bond acceptors (Lipinski definition) is 1. The fourth-order valence-electron chi connectivity index (χ4n) is 2.30. The molecule has 0 heterocycles. The van der Waals surface area contributed by atoms with Crippen LogP contribution in [0.3, 0.4) is 0 Å². The van der Waals surface area contributed by atoms with E-state index < -0.39 is 0 Å². The van der Waals surface area contributed by atoms with Crippen LogP contribution in [-0.2, 0) is 0 Å². The van der Waals surface area contributed by atoms with Crippen molar-refractivity contribution in [2.24, 2.45) is 11.8 Å². The summed E-state index contributed by atoms with van der Waals surface area (Å²) in [6.07, 6.45) is 2.10. The quantitative estimate of drug-likeness (QED) is 0.836. The Morgan fingerprint density at radius 2 is 1.82 bits per heavy atom. The van der Waals surface area contributed by atoms with E-state index in [0.29, 0.717) is 29.1 Å². The molecule has 2 rings (SSSR count). The lowest BCUT2D eigenvalue weighted by Crippen LogP contribution is -2.38. The maximum absolute atomic E-state index is 13.6. The van der Waals surface area contributed by atoms with Gasteiger partial charge >= 0.3 is 0 Å². The van der Waals surface area contributed by atoms with Crippen LogP contribution in [0.15, 0.2) is 12.1 Å². The second-order valence-corrected chi connectivity index (χ2v) is 5.40. The molecule has 1 aromatic carbocycles. The van der Waals surface area contributed by atoms with Gasteiger partial charge in [-0.3, -0.25) is 0 Å². The number of nitrogens with one attached hydrogen (secondary N) is 1. The van der Waals surface area contributed by atoms with Gasteiger partial charge in [-0.1, -0.05) is 13.8 Å². The van der Waals surface area contributed by atoms with Gasteiger partial charge < -0.3 is 5.32 Å². The Bertz CT molecular complexity index is 409. The zero-order chi connectivity index (χ0) is 12.6. The number of rotatable bonds is 3. The summed E-state index contributed by atoms with van der Waals surface area (Å²) in [6.45, 7) is 5.97. The topological polar surface area (TPSA) is 12.0 Å². The highest BCUT2D eigenvalue weighted by atomic mass is 19.1. The smallest absolute Gasteiger partial charge is 0.146 e. The predicted octanol–water partition coefficient (Wildman–Crippen LogP) is 4.12. The van der Waals surface area contributed by atoms with E-state index in [1.54, 1.807) is 6.92 Å². The third-order valence-electron chi connectivity index (χ3n) is 3.73. The van der Waals surface area contributed by atoms with Crippen LogP contribution in [-0.4, -0.2) is 6.04 Å². The van der Waals surface area contributed by atoms with Gasteiger partial charge in [0.05, 0.1) is 5.69 Å². The lowest BCUT2D eigenvalue weighted by Gasteiger charge is -2.39. The molecule has 94 valence electrons. The summed E-state index contributed by atoms with van der Waals surface area (Å²) >= 11 is 0. The molecule has 0 unspecified atom stereocenters. The van der Waals surface area contributed by atoms with Gasteiger partial charge in [-0.2, -0.15) is 0 Å². The fourth-order valence-corrected chi connectivity index (χ4v) is 2.30. The van der Waals surface area contributed by atoms with Crippen molar-refractivity contribution < 1.29 is 8.78 Å². The molecule has 3 heteroatoms. The first-order valence-corrected chi connectivity index (χ1v) is 6.19. The SMILES string of the molecule is Cc1cc(F)c(NC2CC(C(C)C)C2)cc1F. The molecule has 17 heavy (non-hydrogen) atoms. The Balaban J connectivity index is 1.99. The Hall–Kier alpha value is -1.12. The highest BCUT2D eigenvalue weighted by Crippen LogP contribution is 2.36. The van der Waals surface area contributed by atoms with Crippen molar-refractivity contribution in [2.45, 2.75) is 39.7 Å². The van der Waals surface area contributed by atoms with Crippen molar-refractivity contribution in [3.05, 3.63) is 29.3 Å². The molecule has 1 nitrogen and oxygen atoms in total. The molecule has 0 spiro atoms. The molecule has 1 N–H and O–H groups in total. The van der Waals surface area contributed by atoms with Crippen molar-refractivity contribution in [3.63, 3.8) is 0 Å². The van der Waals surface area contributed by atoms with Crippen LogP contribution in [0.25, 0.3) is 0 Å². The van der Waals surface area contributed by atoms with Crippen LogP contribution >= 0.6 is 0 Å². The zero-order valence-electron chi connectivity index (χ0n) is 10.6. The number of hydrogen-bond donors (Lipinski definition) is 1. The summed E-state index contributed by atoms with van der Waals surface area (Å²) in [5.74, 6) is 0.670. The van der Waals surface area contributed by atoms with Crippen LogP contribution in [0.2, 0.25) is 0 Å². The van der Waals surface area contributed by atoms with E-state index in [9.17, 15) is 8.78 Å². The largest absolute Gasteiger partial charge is 0.380 e. The summed E-state index contributed by atoms with van der Waals surface area (Å²) in [6, 6.07) is 2.79. The second kappa shape index (κ2) is 4.63. The van der Waals surface area contributed by atoms with Gasteiger partial charge in [-0.05, 0) is 43.2 Å². The van der Waals surface area contributed by atoms with Crippen LogP contribution < -0.4 is 5.32 Å². The molecule has 1 saturated carbocycles.